The van der Waals surface area contributed by atoms with E-state index < -0.39 is 5.82 Å². The maximum Gasteiger partial charge on any atom is 0.410 e. The Morgan fingerprint density at radius 1 is 1.21 bits per heavy atom. The first kappa shape index (κ1) is 24.0. The molecule has 1 aliphatic rings. The van der Waals surface area contributed by atoms with Gasteiger partial charge in [-0.15, -0.1) is 0 Å². The van der Waals surface area contributed by atoms with Crippen LogP contribution >= 0.6 is 11.6 Å². The number of likely N-dealkylation sites (tertiary alicyclic amines) is 1. The van der Waals surface area contributed by atoms with E-state index >= 15 is 0 Å². The second-order valence-electron chi connectivity index (χ2n) is 8.20. The molecule has 0 radical (unpaired) electrons. The van der Waals surface area contributed by atoms with E-state index in [9.17, 15) is 9.18 Å². The molecule has 1 saturated heterocycles. The highest BCUT2D eigenvalue weighted by molar-refractivity contribution is 6.31. The smallest absolute Gasteiger partial charge is 0.410 e. The minimum Gasteiger partial charge on any atom is -0.468 e. The van der Waals surface area contributed by atoms with Crippen LogP contribution in [0.3, 0.4) is 0 Å². The molecule has 8 nitrogen and oxygen atoms in total. The summed E-state index contributed by atoms with van der Waals surface area (Å²) in [5, 5.41) is 3.90. The van der Waals surface area contributed by atoms with Gasteiger partial charge in [-0.05, 0) is 63.1 Å². The lowest BCUT2D eigenvalue weighted by molar-refractivity contribution is -0.0586. The fourth-order valence-electron chi connectivity index (χ4n) is 3.62. The van der Waals surface area contributed by atoms with E-state index in [2.05, 4.69) is 15.3 Å². The fraction of sp³-hybridized carbons (Fsp3) is 0.375. The average Bonchev–Trinajstić information content (AvgIpc) is 2.82. The van der Waals surface area contributed by atoms with Crippen LogP contribution in [0.2, 0.25) is 5.02 Å². The van der Waals surface area contributed by atoms with E-state index in [0.717, 1.165) is 23.7 Å². The van der Waals surface area contributed by atoms with Gasteiger partial charge in [0.15, 0.2) is 6.79 Å². The van der Waals surface area contributed by atoms with Gasteiger partial charge in [0.1, 0.15) is 23.7 Å². The van der Waals surface area contributed by atoms with E-state index in [4.69, 9.17) is 25.8 Å². The van der Waals surface area contributed by atoms with Crippen molar-refractivity contribution < 1.29 is 23.4 Å². The number of hydrogen-bond donors (Lipinski definition) is 1. The summed E-state index contributed by atoms with van der Waals surface area (Å²) in [6, 6.07) is 9.81. The molecule has 2 aromatic carbocycles. The third-order valence-corrected chi connectivity index (χ3v) is 5.64. The normalized spacial score (nSPS) is 14.4. The molecular weight excluding hydrogens is 463 g/mol. The van der Waals surface area contributed by atoms with E-state index in [-0.39, 0.29) is 30.1 Å². The van der Waals surface area contributed by atoms with Gasteiger partial charge in [-0.25, -0.2) is 19.2 Å². The summed E-state index contributed by atoms with van der Waals surface area (Å²) in [6.07, 6.45) is 2.48. The molecular formula is C24H26ClFN4O4. The highest BCUT2D eigenvalue weighted by Gasteiger charge is 2.24. The van der Waals surface area contributed by atoms with Crippen molar-refractivity contribution in [3.8, 4) is 5.75 Å². The standard InChI is InChI=1S/C24H26ClFN4O4/c1-15(2)34-24(31)30-9-7-17(8-10-30)32-14-33-18-4-6-22-19(12-18)23(28-13-27-22)29-16-3-5-21(26)20(25)11-16/h3-6,11-13,15,17H,7-10,14H2,1-2H3,(H,27,28,29). The number of piperidine rings is 1. The number of nitrogens with one attached hydrogen (secondary N) is 1. The molecule has 1 fully saturated rings. The molecule has 1 aromatic heterocycles. The van der Waals surface area contributed by atoms with Crippen molar-refractivity contribution in [2.45, 2.75) is 38.9 Å². The summed E-state index contributed by atoms with van der Waals surface area (Å²) in [5.41, 5.74) is 1.32. The van der Waals surface area contributed by atoms with Crippen LogP contribution in [0.25, 0.3) is 10.9 Å². The van der Waals surface area contributed by atoms with Crippen LogP contribution in [0.1, 0.15) is 26.7 Å². The Bertz CT molecular complexity index is 1160. The Kier molecular flexibility index (Phi) is 7.64. The number of anilines is 2. The molecule has 0 bridgehead atoms. The summed E-state index contributed by atoms with van der Waals surface area (Å²) in [5.74, 6) is 0.650. The molecule has 1 amide bonds. The van der Waals surface area contributed by atoms with Gasteiger partial charge in [0.05, 0.1) is 22.7 Å². The second-order valence-corrected chi connectivity index (χ2v) is 8.61. The Hall–Kier alpha value is -3.17. The minimum atomic E-state index is -0.489. The van der Waals surface area contributed by atoms with Crippen molar-refractivity contribution in [3.05, 3.63) is 53.6 Å². The van der Waals surface area contributed by atoms with Crippen LogP contribution in [-0.2, 0) is 9.47 Å². The topological polar surface area (TPSA) is 85.8 Å². The number of carbonyl (C=O) groups excluding carboxylic acids is 1. The Labute approximate surface area is 202 Å². The number of aromatic nitrogens is 2. The van der Waals surface area contributed by atoms with Crippen molar-refractivity contribution in [1.29, 1.82) is 0 Å². The van der Waals surface area contributed by atoms with Crippen molar-refractivity contribution in [2.75, 3.05) is 25.2 Å². The fourth-order valence-corrected chi connectivity index (χ4v) is 3.80. The summed E-state index contributed by atoms with van der Waals surface area (Å²) in [7, 11) is 0. The number of fused-ring (bicyclic) bond motifs is 1. The molecule has 0 atom stereocenters. The molecule has 4 rings (SSSR count). The lowest BCUT2D eigenvalue weighted by Gasteiger charge is -2.31. The summed E-state index contributed by atoms with van der Waals surface area (Å²) in [6.45, 7) is 4.93. The van der Waals surface area contributed by atoms with E-state index in [1.165, 1.54) is 18.5 Å². The number of nitrogens with zero attached hydrogens (tertiary/aromatic N) is 3. The number of halogens is 2. The first-order valence-electron chi connectivity index (χ1n) is 11.1. The first-order valence-corrected chi connectivity index (χ1v) is 11.4. The molecule has 0 aliphatic carbocycles. The molecule has 34 heavy (non-hydrogen) atoms. The molecule has 1 N–H and O–H groups in total. The Morgan fingerprint density at radius 3 is 2.74 bits per heavy atom. The first-order chi connectivity index (χ1) is 16.4. The average molecular weight is 489 g/mol. The SMILES string of the molecule is CC(C)OC(=O)N1CCC(OCOc2ccc3ncnc(Nc4ccc(F)c(Cl)c4)c3c2)CC1. The monoisotopic (exact) mass is 488 g/mol. The number of hydrogen-bond acceptors (Lipinski definition) is 7. The van der Waals surface area contributed by atoms with Crippen molar-refractivity contribution in [2.24, 2.45) is 0 Å². The van der Waals surface area contributed by atoms with E-state index in [1.807, 2.05) is 32.0 Å². The number of amides is 1. The lowest BCUT2D eigenvalue weighted by atomic mass is 10.1. The maximum atomic E-state index is 13.5. The molecule has 10 heteroatoms. The van der Waals surface area contributed by atoms with Crippen LogP contribution in [-0.4, -0.2) is 53.1 Å². The summed E-state index contributed by atoms with van der Waals surface area (Å²) >= 11 is 5.88. The number of benzene rings is 2. The number of rotatable bonds is 7. The number of carbonyl (C=O) groups is 1. The maximum absolute atomic E-state index is 13.5. The van der Waals surface area contributed by atoms with Crippen LogP contribution in [0.15, 0.2) is 42.7 Å². The predicted molar refractivity (Wildman–Crippen MR) is 127 cm³/mol. The van der Waals surface area contributed by atoms with Gasteiger partial charge in [0.2, 0.25) is 0 Å². The summed E-state index contributed by atoms with van der Waals surface area (Å²) < 4.78 is 30.4. The van der Waals surface area contributed by atoms with Gasteiger partial charge in [-0.2, -0.15) is 0 Å². The third-order valence-electron chi connectivity index (χ3n) is 5.36. The Morgan fingerprint density at radius 2 is 2.00 bits per heavy atom. The molecule has 0 saturated carbocycles. The largest absolute Gasteiger partial charge is 0.468 e. The molecule has 1 aliphatic heterocycles. The van der Waals surface area contributed by atoms with Crippen LogP contribution in [0.5, 0.6) is 5.75 Å². The molecule has 180 valence electrons. The Balaban J connectivity index is 1.34. The minimum absolute atomic E-state index is 0.00680. The van der Waals surface area contributed by atoms with Gasteiger partial charge in [-0.1, -0.05) is 11.6 Å². The zero-order chi connectivity index (χ0) is 24.1. The van der Waals surface area contributed by atoms with Gasteiger partial charge >= 0.3 is 6.09 Å². The lowest BCUT2D eigenvalue weighted by Crippen LogP contribution is -2.42. The van der Waals surface area contributed by atoms with Crippen LogP contribution in [0.4, 0.5) is 20.7 Å². The second kappa shape index (κ2) is 10.8. The van der Waals surface area contributed by atoms with E-state index in [0.29, 0.717) is 30.3 Å². The predicted octanol–water partition coefficient (Wildman–Crippen LogP) is 5.53. The van der Waals surface area contributed by atoms with Crippen molar-refractivity contribution in [3.63, 3.8) is 0 Å². The molecule has 2 heterocycles. The summed E-state index contributed by atoms with van der Waals surface area (Å²) in [4.78, 5) is 22.3. The van der Waals surface area contributed by atoms with Gasteiger partial charge in [-0.3, -0.25) is 0 Å². The third kappa shape index (κ3) is 6.03. The quantitative estimate of drug-likeness (QED) is 0.438. The van der Waals surface area contributed by atoms with E-state index in [1.54, 1.807) is 11.0 Å². The van der Waals surface area contributed by atoms with Gasteiger partial charge in [0.25, 0.3) is 0 Å². The van der Waals surface area contributed by atoms with Crippen molar-refractivity contribution >= 4 is 40.1 Å². The zero-order valence-corrected chi connectivity index (χ0v) is 19.7. The number of ether oxygens (including phenoxy) is 3. The van der Waals surface area contributed by atoms with Gasteiger partial charge < -0.3 is 24.4 Å². The molecule has 0 unspecified atom stereocenters. The highest BCUT2D eigenvalue weighted by atomic mass is 35.5. The van der Waals surface area contributed by atoms with Gasteiger partial charge in [0, 0.05) is 24.2 Å². The zero-order valence-electron chi connectivity index (χ0n) is 19.0. The van der Waals surface area contributed by atoms with Crippen molar-refractivity contribution in [1.82, 2.24) is 14.9 Å². The highest BCUT2D eigenvalue weighted by Crippen LogP contribution is 2.28. The molecule has 3 aromatic rings. The van der Waals surface area contributed by atoms with Crippen LogP contribution < -0.4 is 10.1 Å². The van der Waals surface area contributed by atoms with Crippen LogP contribution in [0, 0.1) is 5.82 Å². The molecule has 0 spiro atoms.